The second kappa shape index (κ2) is 2.72. The Balaban J connectivity index is 2.12. The number of hydrogen-bond acceptors (Lipinski definition) is 2. The van der Waals surface area contributed by atoms with Crippen LogP contribution in [0.15, 0.2) is 0 Å². The minimum absolute atomic E-state index is 0.241. The van der Waals surface area contributed by atoms with Crippen LogP contribution in [0.5, 0.6) is 0 Å². The largest absolute Gasteiger partial charge is 0.378 e. The fraction of sp³-hybridized carbons (Fsp3) is 0.909. The fourth-order valence-electron chi connectivity index (χ4n) is 3.34. The Hall–Kier alpha value is -0.550. The Kier molecular flexibility index (Phi) is 1.89. The lowest BCUT2D eigenvalue weighted by Gasteiger charge is -2.60. The van der Waals surface area contributed by atoms with Crippen LogP contribution in [0.2, 0.25) is 0 Å². The molecule has 72 valence electrons. The van der Waals surface area contributed by atoms with Crippen molar-refractivity contribution in [2.75, 3.05) is 0 Å². The van der Waals surface area contributed by atoms with Gasteiger partial charge >= 0.3 is 0 Å². The zero-order valence-electron chi connectivity index (χ0n) is 8.33. The zero-order valence-corrected chi connectivity index (χ0v) is 8.33. The normalized spacial score (nSPS) is 43.1. The second-order valence-electron chi connectivity index (χ2n) is 5.18. The highest BCUT2D eigenvalue weighted by Crippen LogP contribution is 2.61. The Morgan fingerprint density at radius 1 is 1.46 bits per heavy atom. The summed E-state index contributed by atoms with van der Waals surface area (Å²) in [6.45, 7) is 4.56. The molecule has 0 amide bonds. The van der Waals surface area contributed by atoms with Gasteiger partial charge in [-0.1, -0.05) is 13.8 Å². The van der Waals surface area contributed by atoms with E-state index in [1.165, 1.54) is 12.8 Å². The van der Waals surface area contributed by atoms with Gasteiger partial charge in [0.05, 0.1) is 6.07 Å². The topological polar surface area (TPSA) is 44.0 Å². The minimum Gasteiger partial charge on any atom is -0.378 e. The van der Waals surface area contributed by atoms with Crippen molar-refractivity contribution in [2.45, 2.75) is 39.2 Å². The van der Waals surface area contributed by atoms with E-state index in [1.807, 2.05) is 6.07 Å². The molecule has 2 nitrogen and oxygen atoms in total. The number of nitrogens with zero attached hydrogens (tertiary/aromatic N) is 1. The van der Waals surface area contributed by atoms with Gasteiger partial charge in [-0.05, 0) is 36.5 Å². The van der Waals surface area contributed by atoms with Gasteiger partial charge in [0, 0.05) is 5.92 Å². The van der Waals surface area contributed by atoms with Gasteiger partial charge in [0.25, 0.3) is 0 Å². The van der Waals surface area contributed by atoms with Crippen LogP contribution in [0.1, 0.15) is 33.1 Å². The standard InChI is InChI=1S/C11H17NO/c1-11(2)7-3-4-8(9(11)5-7)10(13)6-12/h7-10,13H,3-5H2,1-2H3. The van der Waals surface area contributed by atoms with Crippen molar-refractivity contribution < 1.29 is 5.11 Å². The first-order valence-electron chi connectivity index (χ1n) is 5.15. The van der Waals surface area contributed by atoms with E-state index in [0.717, 1.165) is 12.3 Å². The van der Waals surface area contributed by atoms with E-state index in [9.17, 15) is 5.11 Å². The first kappa shape index (κ1) is 9.02. The molecule has 3 rings (SSSR count). The highest BCUT2D eigenvalue weighted by Gasteiger charge is 2.55. The summed E-state index contributed by atoms with van der Waals surface area (Å²) in [5, 5.41) is 18.2. The first-order valence-corrected chi connectivity index (χ1v) is 5.15. The van der Waals surface area contributed by atoms with Crippen LogP contribution in [0, 0.1) is 34.5 Å². The molecule has 0 aromatic carbocycles. The third-order valence-electron chi connectivity index (χ3n) is 4.45. The molecule has 3 aliphatic carbocycles. The molecule has 13 heavy (non-hydrogen) atoms. The number of rotatable bonds is 1. The van der Waals surface area contributed by atoms with Crippen LogP contribution in [0.3, 0.4) is 0 Å². The molecule has 1 N–H and O–H groups in total. The molecule has 0 saturated heterocycles. The van der Waals surface area contributed by atoms with Gasteiger partial charge in [0.15, 0.2) is 0 Å². The molecule has 4 unspecified atom stereocenters. The molecule has 0 spiro atoms. The van der Waals surface area contributed by atoms with E-state index < -0.39 is 6.10 Å². The third kappa shape index (κ3) is 1.10. The van der Waals surface area contributed by atoms with E-state index in [2.05, 4.69) is 13.8 Å². The Morgan fingerprint density at radius 2 is 2.15 bits per heavy atom. The Labute approximate surface area is 79.6 Å². The quantitative estimate of drug-likeness (QED) is 0.625. The smallest absolute Gasteiger partial charge is 0.143 e. The highest BCUT2D eigenvalue weighted by molar-refractivity contribution is 5.07. The van der Waals surface area contributed by atoms with Crippen molar-refractivity contribution in [1.29, 1.82) is 5.26 Å². The SMILES string of the molecule is CC1(C)C2CCC(C(O)C#N)C1C2. The van der Waals surface area contributed by atoms with Gasteiger partial charge in [-0.3, -0.25) is 0 Å². The number of hydrogen-bond donors (Lipinski definition) is 1. The molecule has 3 fully saturated rings. The summed E-state index contributed by atoms with van der Waals surface area (Å²) in [6, 6.07) is 1.98. The average Bonchev–Trinajstić information content (AvgIpc) is 2.16. The molecule has 2 bridgehead atoms. The molecule has 0 heterocycles. The Bertz CT molecular complexity index is 251. The zero-order chi connectivity index (χ0) is 9.64. The molecule has 0 aromatic heterocycles. The van der Waals surface area contributed by atoms with Crippen LogP contribution < -0.4 is 0 Å². The van der Waals surface area contributed by atoms with Crippen molar-refractivity contribution in [1.82, 2.24) is 0 Å². The van der Waals surface area contributed by atoms with Crippen LogP contribution in [-0.4, -0.2) is 11.2 Å². The number of aliphatic hydroxyl groups excluding tert-OH is 1. The van der Waals surface area contributed by atoms with Crippen molar-refractivity contribution >= 4 is 0 Å². The van der Waals surface area contributed by atoms with Gasteiger partial charge in [-0.15, -0.1) is 0 Å². The number of fused-ring (bicyclic) bond motifs is 2. The molecular formula is C11H17NO. The van der Waals surface area contributed by atoms with Gasteiger partial charge in [-0.25, -0.2) is 0 Å². The van der Waals surface area contributed by atoms with Crippen LogP contribution in [0.4, 0.5) is 0 Å². The monoisotopic (exact) mass is 179 g/mol. The van der Waals surface area contributed by atoms with E-state index in [-0.39, 0.29) is 5.92 Å². The van der Waals surface area contributed by atoms with E-state index in [1.54, 1.807) is 0 Å². The summed E-state index contributed by atoms with van der Waals surface area (Å²) < 4.78 is 0. The molecule has 0 aromatic rings. The van der Waals surface area contributed by atoms with Crippen molar-refractivity contribution in [2.24, 2.45) is 23.2 Å². The van der Waals surface area contributed by atoms with E-state index in [0.29, 0.717) is 11.3 Å². The third-order valence-corrected chi connectivity index (χ3v) is 4.45. The summed E-state index contributed by atoms with van der Waals surface area (Å²) in [5.41, 5.74) is 0.376. The lowest BCUT2D eigenvalue weighted by Crippen LogP contribution is -2.54. The van der Waals surface area contributed by atoms with E-state index >= 15 is 0 Å². The number of aliphatic hydroxyl groups is 1. The predicted molar refractivity (Wildman–Crippen MR) is 49.7 cm³/mol. The van der Waals surface area contributed by atoms with Gasteiger partial charge in [-0.2, -0.15) is 5.26 Å². The molecule has 4 atom stereocenters. The number of nitriles is 1. The van der Waals surface area contributed by atoms with Crippen molar-refractivity contribution in [3.8, 4) is 6.07 Å². The van der Waals surface area contributed by atoms with Crippen LogP contribution >= 0.6 is 0 Å². The molecule has 3 aliphatic rings. The highest BCUT2D eigenvalue weighted by atomic mass is 16.3. The summed E-state index contributed by atoms with van der Waals surface area (Å²) in [4.78, 5) is 0. The van der Waals surface area contributed by atoms with Crippen LogP contribution in [-0.2, 0) is 0 Å². The summed E-state index contributed by atoms with van der Waals surface area (Å²) in [5.74, 6) is 1.67. The van der Waals surface area contributed by atoms with Crippen LogP contribution in [0.25, 0.3) is 0 Å². The summed E-state index contributed by atoms with van der Waals surface area (Å²) in [6.07, 6.45) is 2.75. The summed E-state index contributed by atoms with van der Waals surface area (Å²) in [7, 11) is 0. The second-order valence-corrected chi connectivity index (χ2v) is 5.18. The first-order chi connectivity index (χ1) is 6.07. The maximum atomic E-state index is 9.55. The van der Waals surface area contributed by atoms with Gasteiger partial charge < -0.3 is 5.11 Å². The van der Waals surface area contributed by atoms with Gasteiger partial charge in [0.2, 0.25) is 0 Å². The molecular weight excluding hydrogens is 162 g/mol. The fourth-order valence-corrected chi connectivity index (χ4v) is 3.34. The maximum Gasteiger partial charge on any atom is 0.143 e. The van der Waals surface area contributed by atoms with Crippen molar-refractivity contribution in [3.05, 3.63) is 0 Å². The average molecular weight is 179 g/mol. The van der Waals surface area contributed by atoms with Gasteiger partial charge in [0.1, 0.15) is 6.10 Å². The predicted octanol–water partition coefficient (Wildman–Crippen LogP) is 1.94. The van der Waals surface area contributed by atoms with E-state index in [4.69, 9.17) is 5.26 Å². The molecule has 0 radical (unpaired) electrons. The minimum atomic E-state index is -0.731. The lowest BCUT2D eigenvalue weighted by molar-refractivity contribution is -0.127. The molecule has 0 aliphatic heterocycles. The molecule has 3 saturated carbocycles. The van der Waals surface area contributed by atoms with Crippen molar-refractivity contribution in [3.63, 3.8) is 0 Å². The Morgan fingerprint density at radius 3 is 2.62 bits per heavy atom. The lowest BCUT2D eigenvalue weighted by atomic mass is 9.45. The molecule has 2 heteroatoms. The summed E-state index contributed by atoms with van der Waals surface area (Å²) >= 11 is 0. The maximum absolute atomic E-state index is 9.55.